The molecular formula is C22H36. The van der Waals surface area contributed by atoms with E-state index in [9.17, 15) is 0 Å². The average Bonchev–Trinajstić information content (AvgIpc) is 2.48. The van der Waals surface area contributed by atoms with Gasteiger partial charge in [0.15, 0.2) is 0 Å². The molecule has 0 aliphatic rings. The van der Waals surface area contributed by atoms with E-state index in [0.717, 1.165) is 25.7 Å². The lowest BCUT2D eigenvalue weighted by atomic mass is 10.1. The van der Waals surface area contributed by atoms with Crippen molar-refractivity contribution in [1.29, 1.82) is 0 Å². The summed E-state index contributed by atoms with van der Waals surface area (Å²) in [6.07, 6.45) is 23.0. The molecule has 0 saturated carbocycles. The van der Waals surface area contributed by atoms with Crippen molar-refractivity contribution in [2.45, 2.75) is 79.1 Å². The SMILES string of the molecule is C=CCC/C(C)=C/CC/C=C/CC/C(C)=C/CCC=C(C)C. The van der Waals surface area contributed by atoms with E-state index >= 15 is 0 Å². The van der Waals surface area contributed by atoms with Crippen LogP contribution in [0.2, 0.25) is 0 Å². The van der Waals surface area contributed by atoms with Gasteiger partial charge < -0.3 is 0 Å². The van der Waals surface area contributed by atoms with Crippen molar-refractivity contribution < 1.29 is 0 Å². The van der Waals surface area contributed by atoms with Crippen LogP contribution in [0.5, 0.6) is 0 Å². The second-order valence-corrected chi connectivity index (χ2v) is 6.37. The summed E-state index contributed by atoms with van der Waals surface area (Å²) in [5.41, 5.74) is 4.43. The zero-order chi connectivity index (χ0) is 16.6. The third-order valence-corrected chi connectivity index (χ3v) is 3.65. The van der Waals surface area contributed by atoms with Crippen LogP contribution < -0.4 is 0 Å². The van der Waals surface area contributed by atoms with Crippen LogP contribution in [0.15, 0.2) is 59.8 Å². The monoisotopic (exact) mass is 300 g/mol. The summed E-state index contributed by atoms with van der Waals surface area (Å²) >= 11 is 0. The Balaban J connectivity index is 3.71. The van der Waals surface area contributed by atoms with Crippen LogP contribution in [0.3, 0.4) is 0 Å². The Hall–Kier alpha value is -1.30. The van der Waals surface area contributed by atoms with Gasteiger partial charge >= 0.3 is 0 Å². The average molecular weight is 301 g/mol. The molecule has 0 bridgehead atoms. The maximum absolute atomic E-state index is 3.76. The third kappa shape index (κ3) is 15.1. The molecule has 0 rings (SSSR count). The first kappa shape index (κ1) is 20.7. The molecule has 0 spiro atoms. The van der Waals surface area contributed by atoms with Crippen LogP contribution in [0.4, 0.5) is 0 Å². The van der Waals surface area contributed by atoms with E-state index in [1.165, 1.54) is 42.4 Å². The number of rotatable bonds is 12. The summed E-state index contributed by atoms with van der Waals surface area (Å²) < 4.78 is 0. The van der Waals surface area contributed by atoms with Gasteiger partial charge in [-0.2, -0.15) is 0 Å². The summed E-state index contributed by atoms with van der Waals surface area (Å²) in [6, 6.07) is 0. The zero-order valence-electron chi connectivity index (χ0n) is 15.3. The van der Waals surface area contributed by atoms with Gasteiger partial charge in [-0.05, 0) is 79.1 Å². The second-order valence-electron chi connectivity index (χ2n) is 6.37. The van der Waals surface area contributed by atoms with Crippen LogP contribution in [0.25, 0.3) is 0 Å². The highest BCUT2D eigenvalue weighted by Crippen LogP contribution is 2.10. The summed E-state index contributed by atoms with van der Waals surface area (Å²) in [5, 5.41) is 0. The van der Waals surface area contributed by atoms with E-state index in [4.69, 9.17) is 0 Å². The molecule has 0 heteroatoms. The fourth-order valence-electron chi connectivity index (χ4n) is 2.21. The molecule has 0 fully saturated rings. The molecule has 0 amide bonds. The lowest BCUT2D eigenvalue weighted by molar-refractivity contribution is 0.924. The van der Waals surface area contributed by atoms with Gasteiger partial charge in [-0.15, -0.1) is 6.58 Å². The molecular weight excluding hydrogens is 264 g/mol. The Morgan fingerprint density at radius 2 is 1.14 bits per heavy atom. The number of hydrogen-bond donors (Lipinski definition) is 0. The van der Waals surface area contributed by atoms with Crippen LogP contribution in [0.1, 0.15) is 79.1 Å². The summed E-state index contributed by atoms with van der Waals surface area (Å²) in [6.45, 7) is 12.6. The number of unbranched alkanes of at least 4 members (excludes halogenated alkanes) is 2. The van der Waals surface area contributed by atoms with Gasteiger partial charge in [0.05, 0.1) is 0 Å². The van der Waals surface area contributed by atoms with E-state index < -0.39 is 0 Å². The van der Waals surface area contributed by atoms with Crippen LogP contribution in [-0.4, -0.2) is 0 Å². The molecule has 0 aliphatic carbocycles. The molecule has 0 N–H and O–H groups in total. The van der Waals surface area contributed by atoms with Gasteiger partial charge in [0.25, 0.3) is 0 Å². The molecule has 0 nitrogen and oxygen atoms in total. The highest BCUT2D eigenvalue weighted by molar-refractivity contribution is 5.03. The van der Waals surface area contributed by atoms with E-state index in [-0.39, 0.29) is 0 Å². The maximum Gasteiger partial charge on any atom is -0.0288 e. The molecule has 0 radical (unpaired) electrons. The quantitative estimate of drug-likeness (QED) is 0.256. The lowest BCUT2D eigenvalue weighted by Crippen LogP contribution is -1.78. The van der Waals surface area contributed by atoms with E-state index in [2.05, 4.69) is 64.7 Å². The van der Waals surface area contributed by atoms with Crippen LogP contribution in [0, 0.1) is 0 Å². The summed E-state index contributed by atoms with van der Waals surface area (Å²) in [7, 11) is 0. The first-order valence-electron chi connectivity index (χ1n) is 8.76. The van der Waals surface area contributed by atoms with Gasteiger partial charge in [-0.25, -0.2) is 0 Å². The normalized spacial score (nSPS) is 12.7. The second kappa shape index (κ2) is 14.6. The minimum absolute atomic E-state index is 1.09. The molecule has 22 heavy (non-hydrogen) atoms. The van der Waals surface area contributed by atoms with Gasteiger partial charge in [0.1, 0.15) is 0 Å². The Bertz CT molecular complexity index is 398. The Morgan fingerprint density at radius 1 is 0.636 bits per heavy atom. The van der Waals surface area contributed by atoms with E-state index in [1.54, 1.807) is 0 Å². The largest absolute Gasteiger partial charge is 0.103 e. The Labute approximate surface area is 139 Å². The van der Waals surface area contributed by atoms with Crippen molar-refractivity contribution in [3.63, 3.8) is 0 Å². The van der Waals surface area contributed by atoms with Crippen molar-refractivity contribution in [1.82, 2.24) is 0 Å². The first-order chi connectivity index (χ1) is 10.6. The molecule has 0 aromatic carbocycles. The molecule has 0 aliphatic heterocycles. The molecule has 0 heterocycles. The van der Waals surface area contributed by atoms with Gasteiger partial charge in [0, 0.05) is 0 Å². The standard InChI is InChI=1S/C22H36/c1-6-7-16-21(4)17-11-9-8-10-12-18-22(5)19-14-13-15-20(2)3/h6,8,10,15,17,19H,1,7,9,11-14,16,18H2,2-5H3/b10-8+,21-17+,22-19+. The fraction of sp³-hybridized carbons (Fsp3) is 0.545. The summed E-state index contributed by atoms with van der Waals surface area (Å²) in [4.78, 5) is 0. The van der Waals surface area contributed by atoms with Gasteiger partial charge in [-0.1, -0.05) is 53.2 Å². The van der Waals surface area contributed by atoms with E-state index in [0.29, 0.717) is 0 Å². The van der Waals surface area contributed by atoms with Gasteiger partial charge in [0.2, 0.25) is 0 Å². The minimum Gasteiger partial charge on any atom is -0.103 e. The van der Waals surface area contributed by atoms with Crippen molar-refractivity contribution >= 4 is 0 Å². The minimum atomic E-state index is 1.09. The molecule has 0 unspecified atom stereocenters. The molecule has 0 saturated heterocycles. The van der Waals surface area contributed by atoms with Crippen LogP contribution >= 0.6 is 0 Å². The highest BCUT2D eigenvalue weighted by Gasteiger charge is 1.89. The summed E-state index contributed by atoms with van der Waals surface area (Å²) in [5.74, 6) is 0. The molecule has 0 aromatic heterocycles. The predicted octanol–water partition coefficient (Wildman–Crippen LogP) is 7.71. The number of allylic oxidation sites excluding steroid dienone is 9. The highest BCUT2D eigenvalue weighted by atomic mass is 14.0. The van der Waals surface area contributed by atoms with E-state index in [1.807, 2.05) is 6.08 Å². The molecule has 0 aromatic rings. The van der Waals surface area contributed by atoms with Crippen molar-refractivity contribution in [3.8, 4) is 0 Å². The lowest BCUT2D eigenvalue weighted by Gasteiger charge is -1.99. The Kier molecular flexibility index (Phi) is 13.8. The number of hydrogen-bond acceptors (Lipinski definition) is 0. The van der Waals surface area contributed by atoms with Gasteiger partial charge in [-0.3, -0.25) is 0 Å². The fourth-order valence-corrected chi connectivity index (χ4v) is 2.21. The van der Waals surface area contributed by atoms with Crippen molar-refractivity contribution in [2.75, 3.05) is 0 Å². The molecule has 0 atom stereocenters. The maximum atomic E-state index is 3.76. The predicted molar refractivity (Wildman–Crippen MR) is 103 cm³/mol. The van der Waals surface area contributed by atoms with Crippen molar-refractivity contribution in [2.24, 2.45) is 0 Å². The molecule has 124 valence electrons. The van der Waals surface area contributed by atoms with Crippen molar-refractivity contribution in [3.05, 3.63) is 59.8 Å². The third-order valence-electron chi connectivity index (χ3n) is 3.65. The Morgan fingerprint density at radius 3 is 1.73 bits per heavy atom. The topological polar surface area (TPSA) is 0 Å². The zero-order valence-corrected chi connectivity index (χ0v) is 15.3. The smallest absolute Gasteiger partial charge is 0.0288 e. The van der Waals surface area contributed by atoms with Crippen LogP contribution in [-0.2, 0) is 0 Å². The first-order valence-corrected chi connectivity index (χ1v) is 8.76.